The predicted octanol–water partition coefficient (Wildman–Crippen LogP) is 2.34. The summed E-state index contributed by atoms with van der Waals surface area (Å²) in [7, 11) is 0. The van der Waals surface area contributed by atoms with Gasteiger partial charge in [0, 0.05) is 5.69 Å². The Labute approximate surface area is 78.9 Å². The third-order valence-electron chi connectivity index (χ3n) is 1.51. The monoisotopic (exact) mass is 201 g/mol. The molecule has 0 amide bonds. The van der Waals surface area contributed by atoms with Crippen LogP contribution in [0.15, 0.2) is 12.3 Å². The standard InChI is InChI=1S/C7H5Cl2N3/c1-4-2-6(9)12-7(11-4)5(8)3-10-12/h2-3H,1H3. The molecular formula is C7H5Cl2N3. The normalized spacial score (nSPS) is 10.9. The summed E-state index contributed by atoms with van der Waals surface area (Å²) in [5.41, 5.74) is 1.43. The summed E-state index contributed by atoms with van der Waals surface area (Å²) in [6.07, 6.45) is 1.52. The Morgan fingerprint density at radius 1 is 1.42 bits per heavy atom. The molecule has 62 valence electrons. The summed E-state index contributed by atoms with van der Waals surface area (Å²) in [4.78, 5) is 4.18. The summed E-state index contributed by atoms with van der Waals surface area (Å²) in [6.45, 7) is 1.86. The van der Waals surface area contributed by atoms with Gasteiger partial charge in [-0.1, -0.05) is 23.2 Å². The smallest absolute Gasteiger partial charge is 0.175 e. The Hall–Kier alpha value is -0.800. The minimum absolute atomic E-state index is 0.514. The summed E-state index contributed by atoms with van der Waals surface area (Å²) in [5.74, 6) is 0. The van der Waals surface area contributed by atoms with Gasteiger partial charge in [0.05, 0.1) is 6.20 Å². The van der Waals surface area contributed by atoms with Gasteiger partial charge >= 0.3 is 0 Å². The molecule has 0 N–H and O–H groups in total. The number of rotatable bonds is 0. The van der Waals surface area contributed by atoms with Crippen molar-refractivity contribution < 1.29 is 0 Å². The molecule has 0 aliphatic rings. The second-order valence-corrected chi connectivity index (χ2v) is 3.24. The molecule has 0 spiro atoms. The first kappa shape index (κ1) is 7.83. The van der Waals surface area contributed by atoms with Crippen LogP contribution in [0.1, 0.15) is 5.69 Å². The van der Waals surface area contributed by atoms with Crippen LogP contribution >= 0.6 is 23.2 Å². The number of aromatic nitrogens is 3. The van der Waals surface area contributed by atoms with Crippen LogP contribution in [0.5, 0.6) is 0 Å². The fraction of sp³-hybridized carbons (Fsp3) is 0.143. The third-order valence-corrected chi connectivity index (χ3v) is 2.05. The van der Waals surface area contributed by atoms with Crippen LogP contribution < -0.4 is 0 Å². The van der Waals surface area contributed by atoms with Gasteiger partial charge in [0.2, 0.25) is 0 Å². The second kappa shape index (κ2) is 2.61. The van der Waals surface area contributed by atoms with Crippen molar-refractivity contribution in [3.63, 3.8) is 0 Å². The van der Waals surface area contributed by atoms with Crippen molar-refractivity contribution in [3.05, 3.63) is 28.1 Å². The molecule has 0 saturated carbocycles. The van der Waals surface area contributed by atoms with Crippen LogP contribution in [0.25, 0.3) is 5.65 Å². The first-order valence-electron chi connectivity index (χ1n) is 3.35. The van der Waals surface area contributed by atoms with E-state index in [-0.39, 0.29) is 0 Å². The topological polar surface area (TPSA) is 30.2 Å². The van der Waals surface area contributed by atoms with E-state index in [1.165, 1.54) is 10.7 Å². The van der Waals surface area contributed by atoms with Crippen LogP contribution in [-0.2, 0) is 0 Å². The Morgan fingerprint density at radius 2 is 2.17 bits per heavy atom. The number of hydrogen-bond acceptors (Lipinski definition) is 2. The van der Waals surface area contributed by atoms with Crippen molar-refractivity contribution in [2.45, 2.75) is 6.92 Å². The van der Waals surface area contributed by atoms with E-state index in [0.717, 1.165) is 5.69 Å². The van der Waals surface area contributed by atoms with Gasteiger partial charge in [0.1, 0.15) is 10.2 Å². The van der Waals surface area contributed by atoms with Crippen molar-refractivity contribution in [2.75, 3.05) is 0 Å². The van der Waals surface area contributed by atoms with Crippen molar-refractivity contribution in [3.8, 4) is 0 Å². The Kier molecular flexibility index (Phi) is 1.70. The van der Waals surface area contributed by atoms with Gasteiger partial charge in [-0.05, 0) is 13.0 Å². The minimum atomic E-state index is 0.514. The lowest BCUT2D eigenvalue weighted by Gasteiger charge is -1.97. The molecule has 2 rings (SSSR count). The Balaban J connectivity index is 2.92. The van der Waals surface area contributed by atoms with Crippen LogP contribution in [0, 0.1) is 6.92 Å². The van der Waals surface area contributed by atoms with Crippen LogP contribution in [0.4, 0.5) is 0 Å². The lowest BCUT2D eigenvalue weighted by atomic mass is 10.4. The zero-order valence-electron chi connectivity index (χ0n) is 6.25. The van der Waals surface area contributed by atoms with Crippen molar-refractivity contribution in [1.82, 2.24) is 14.6 Å². The molecule has 2 aromatic rings. The minimum Gasteiger partial charge on any atom is -0.232 e. The molecule has 0 aromatic carbocycles. The molecule has 2 heterocycles. The van der Waals surface area contributed by atoms with E-state index in [2.05, 4.69) is 10.1 Å². The molecule has 0 radical (unpaired) electrons. The van der Waals surface area contributed by atoms with Crippen molar-refractivity contribution >= 4 is 28.8 Å². The highest BCUT2D eigenvalue weighted by atomic mass is 35.5. The molecule has 2 aromatic heterocycles. The molecule has 0 aliphatic heterocycles. The van der Waals surface area contributed by atoms with E-state index in [0.29, 0.717) is 15.8 Å². The number of nitrogens with zero attached hydrogens (tertiary/aromatic N) is 3. The largest absolute Gasteiger partial charge is 0.232 e. The van der Waals surface area contributed by atoms with Gasteiger partial charge in [-0.15, -0.1) is 0 Å². The van der Waals surface area contributed by atoms with Gasteiger partial charge < -0.3 is 0 Å². The molecule has 3 nitrogen and oxygen atoms in total. The summed E-state index contributed by atoms with van der Waals surface area (Å²) in [5, 5.41) is 4.98. The number of hydrogen-bond donors (Lipinski definition) is 0. The predicted molar refractivity (Wildman–Crippen MR) is 47.7 cm³/mol. The molecule has 0 atom stereocenters. The van der Waals surface area contributed by atoms with E-state index in [4.69, 9.17) is 23.2 Å². The lowest BCUT2D eigenvalue weighted by molar-refractivity contribution is 0.930. The summed E-state index contributed by atoms with van der Waals surface area (Å²) < 4.78 is 1.50. The fourth-order valence-electron chi connectivity index (χ4n) is 1.01. The molecular weight excluding hydrogens is 197 g/mol. The molecule has 12 heavy (non-hydrogen) atoms. The Morgan fingerprint density at radius 3 is 2.92 bits per heavy atom. The van der Waals surface area contributed by atoms with E-state index in [1.807, 2.05) is 6.92 Å². The van der Waals surface area contributed by atoms with E-state index < -0.39 is 0 Å². The van der Waals surface area contributed by atoms with Gasteiger partial charge in [0.15, 0.2) is 5.65 Å². The molecule has 0 aliphatic carbocycles. The van der Waals surface area contributed by atoms with E-state index >= 15 is 0 Å². The van der Waals surface area contributed by atoms with Gasteiger partial charge in [-0.3, -0.25) is 0 Å². The second-order valence-electron chi connectivity index (χ2n) is 2.45. The zero-order valence-corrected chi connectivity index (χ0v) is 7.76. The molecule has 0 saturated heterocycles. The fourth-order valence-corrected chi connectivity index (χ4v) is 1.46. The van der Waals surface area contributed by atoms with E-state index in [1.54, 1.807) is 6.07 Å². The highest BCUT2D eigenvalue weighted by Crippen LogP contribution is 2.18. The van der Waals surface area contributed by atoms with Crippen LogP contribution in [0.3, 0.4) is 0 Å². The van der Waals surface area contributed by atoms with Gasteiger partial charge in [-0.2, -0.15) is 5.10 Å². The van der Waals surface area contributed by atoms with Crippen molar-refractivity contribution in [1.29, 1.82) is 0 Å². The lowest BCUT2D eigenvalue weighted by Crippen LogP contribution is -1.93. The Bertz CT molecular complexity index is 435. The average molecular weight is 202 g/mol. The number of fused-ring (bicyclic) bond motifs is 1. The third kappa shape index (κ3) is 1.06. The molecule has 0 fully saturated rings. The number of halogens is 2. The maximum Gasteiger partial charge on any atom is 0.175 e. The molecule has 0 unspecified atom stereocenters. The maximum atomic E-state index is 5.88. The quantitative estimate of drug-likeness (QED) is 0.613. The summed E-state index contributed by atoms with van der Waals surface area (Å²) in [6, 6.07) is 1.73. The zero-order chi connectivity index (χ0) is 8.72. The van der Waals surface area contributed by atoms with Crippen LogP contribution in [0.2, 0.25) is 10.2 Å². The summed E-state index contributed by atoms with van der Waals surface area (Å²) >= 11 is 11.7. The molecule has 5 heteroatoms. The molecule has 0 bridgehead atoms. The van der Waals surface area contributed by atoms with Crippen LogP contribution in [-0.4, -0.2) is 14.6 Å². The highest BCUT2D eigenvalue weighted by molar-refractivity contribution is 6.34. The van der Waals surface area contributed by atoms with E-state index in [9.17, 15) is 0 Å². The SMILES string of the molecule is Cc1cc(Cl)n2ncc(Cl)c2n1. The first-order valence-corrected chi connectivity index (χ1v) is 4.10. The van der Waals surface area contributed by atoms with Gasteiger partial charge in [-0.25, -0.2) is 9.50 Å². The van der Waals surface area contributed by atoms with Crippen molar-refractivity contribution in [2.24, 2.45) is 0 Å². The maximum absolute atomic E-state index is 5.88. The number of aryl methyl sites for hydroxylation is 1. The first-order chi connectivity index (χ1) is 5.68. The average Bonchev–Trinajstić information content (AvgIpc) is 2.33. The van der Waals surface area contributed by atoms with Gasteiger partial charge in [0.25, 0.3) is 0 Å². The highest BCUT2D eigenvalue weighted by Gasteiger charge is 2.05.